The van der Waals surface area contributed by atoms with Crippen LogP contribution in [0.3, 0.4) is 0 Å². The SMILES string of the molecule is C=C(C)c1cc(NC(=O)c2ccc(C)c(N(C)c3ncnc4cnc(N5CC[C@H](F)C5)nc34)c2)no1. The van der Waals surface area contributed by atoms with Crippen LogP contribution in [0.4, 0.5) is 27.7 Å². The summed E-state index contributed by atoms with van der Waals surface area (Å²) in [7, 11) is 1.85. The molecule has 0 bridgehead atoms. The van der Waals surface area contributed by atoms with Crippen LogP contribution in [0, 0.1) is 6.92 Å². The Morgan fingerprint density at radius 1 is 1.28 bits per heavy atom. The monoisotopic (exact) mass is 488 g/mol. The predicted molar refractivity (Wildman–Crippen MR) is 135 cm³/mol. The number of benzene rings is 1. The van der Waals surface area contributed by atoms with Crippen molar-refractivity contribution >= 4 is 45.8 Å². The first-order chi connectivity index (χ1) is 17.3. The number of nitrogens with zero attached hydrogens (tertiary/aromatic N) is 7. The van der Waals surface area contributed by atoms with Gasteiger partial charge in [0.2, 0.25) is 5.95 Å². The molecule has 36 heavy (non-hydrogen) atoms. The van der Waals surface area contributed by atoms with E-state index >= 15 is 0 Å². The van der Waals surface area contributed by atoms with E-state index in [1.54, 1.807) is 31.3 Å². The minimum atomic E-state index is -0.889. The molecule has 10 nitrogen and oxygen atoms in total. The molecule has 1 aliphatic heterocycles. The molecular weight excluding hydrogens is 463 g/mol. The molecule has 1 atom stereocenters. The van der Waals surface area contributed by atoms with E-state index in [1.165, 1.54) is 6.33 Å². The van der Waals surface area contributed by atoms with Crippen molar-refractivity contribution in [3.8, 4) is 0 Å². The summed E-state index contributed by atoms with van der Waals surface area (Å²) >= 11 is 0. The first kappa shape index (κ1) is 23.3. The number of carbonyl (C=O) groups excluding carboxylic acids is 1. The van der Waals surface area contributed by atoms with Crippen molar-refractivity contribution in [2.75, 3.05) is 35.3 Å². The van der Waals surface area contributed by atoms with Crippen molar-refractivity contribution < 1.29 is 13.7 Å². The molecule has 0 saturated carbocycles. The average Bonchev–Trinajstić information content (AvgIpc) is 3.52. The van der Waals surface area contributed by atoms with Gasteiger partial charge < -0.3 is 19.6 Å². The van der Waals surface area contributed by atoms with Crippen molar-refractivity contribution in [2.45, 2.75) is 26.4 Å². The molecule has 1 aromatic carbocycles. The second-order valence-electron chi connectivity index (χ2n) is 8.80. The first-order valence-electron chi connectivity index (χ1n) is 11.4. The van der Waals surface area contributed by atoms with Crippen LogP contribution >= 0.6 is 0 Å². The maximum absolute atomic E-state index is 13.7. The number of fused-ring (bicyclic) bond motifs is 1. The van der Waals surface area contributed by atoms with E-state index in [-0.39, 0.29) is 12.5 Å². The molecule has 0 unspecified atom stereocenters. The Labute approximate surface area is 206 Å². The second kappa shape index (κ2) is 9.33. The molecule has 1 aliphatic rings. The summed E-state index contributed by atoms with van der Waals surface area (Å²) in [5.74, 6) is 1.46. The Balaban J connectivity index is 1.46. The maximum atomic E-state index is 13.7. The smallest absolute Gasteiger partial charge is 0.256 e. The number of carbonyl (C=O) groups is 1. The van der Waals surface area contributed by atoms with Gasteiger partial charge in [0.05, 0.1) is 12.7 Å². The lowest BCUT2D eigenvalue weighted by Gasteiger charge is -2.22. The fraction of sp³-hybridized carbons (Fsp3) is 0.280. The third kappa shape index (κ3) is 4.47. The number of alkyl halides is 1. The van der Waals surface area contributed by atoms with Gasteiger partial charge in [-0.05, 0) is 43.5 Å². The summed E-state index contributed by atoms with van der Waals surface area (Å²) in [6.07, 6.45) is 2.63. The molecule has 4 heterocycles. The molecule has 184 valence electrons. The van der Waals surface area contributed by atoms with Crippen LogP contribution in [0.2, 0.25) is 0 Å². The standard InChI is InChI=1S/C25H25FN8O2/c1-14(2)20-10-21(32-36-20)30-24(35)16-6-5-15(3)19(9-16)33(4)23-22-18(28-13-29-23)11-27-25(31-22)34-8-7-17(26)12-34/h5-6,9-11,13,17H,1,7-8,12H2,2-4H3,(H,30,32,35)/t17-/m0/s1. The highest BCUT2D eigenvalue weighted by Crippen LogP contribution is 2.31. The first-order valence-corrected chi connectivity index (χ1v) is 11.4. The number of allylic oxidation sites excluding steroid dienone is 1. The molecule has 1 N–H and O–H groups in total. The van der Waals surface area contributed by atoms with Gasteiger partial charge in [0.15, 0.2) is 17.4 Å². The van der Waals surface area contributed by atoms with Crippen molar-refractivity contribution in [2.24, 2.45) is 0 Å². The van der Waals surface area contributed by atoms with E-state index in [4.69, 9.17) is 4.52 Å². The molecule has 0 radical (unpaired) electrons. The van der Waals surface area contributed by atoms with Crippen molar-refractivity contribution in [1.82, 2.24) is 25.1 Å². The van der Waals surface area contributed by atoms with E-state index in [1.807, 2.05) is 29.8 Å². The largest absolute Gasteiger partial charge is 0.354 e. The zero-order valence-corrected chi connectivity index (χ0v) is 20.2. The quantitative estimate of drug-likeness (QED) is 0.424. The van der Waals surface area contributed by atoms with E-state index in [9.17, 15) is 9.18 Å². The van der Waals surface area contributed by atoms with Crippen LogP contribution in [0.1, 0.15) is 35.0 Å². The summed E-state index contributed by atoms with van der Waals surface area (Å²) in [6, 6.07) is 6.99. The molecule has 11 heteroatoms. The van der Waals surface area contributed by atoms with E-state index in [2.05, 4.69) is 37.0 Å². The number of hydrogen-bond acceptors (Lipinski definition) is 9. The summed E-state index contributed by atoms with van der Waals surface area (Å²) < 4.78 is 18.9. The van der Waals surface area contributed by atoms with Crippen molar-refractivity contribution in [1.29, 1.82) is 0 Å². The molecule has 0 aliphatic carbocycles. The van der Waals surface area contributed by atoms with Crippen molar-refractivity contribution in [3.63, 3.8) is 0 Å². The van der Waals surface area contributed by atoms with Crippen LogP contribution < -0.4 is 15.1 Å². The van der Waals surface area contributed by atoms with Gasteiger partial charge >= 0.3 is 0 Å². The number of amides is 1. The highest BCUT2D eigenvalue weighted by atomic mass is 19.1. The molecule has 1 amide bonds. The molecule has 1 fully saturated rings. The lowest BCUT2D eigenvalue weighted by atomic mass is 10.1. The molecule has 0 spiro atoms. The van der Waals surface area contributed by atoms with E-state index in [0.717, 1.165) is 11.3 Å². The normalized spacial score (nSPS) is 15.3. The summed E-state index contributed by atoms with van der Waals surface area (Å²) in [5.41, 5.74) is 3.94. The Bertz CT molecular complexity index is 1470. The highest BCUT2D eigenvalue weighted by molar-refractivity contribution is 6.04. The Hall–Kier alpha value is -4.41. The number of nitrogens with one attached hydrogen (secondary N) is 1. The Morgan fingerprint density at radius 3 is 2.83 bits per heavy atom. The fourth-order valence-electron chi connectivity index (χ4n) is 4.08. The second-order valence-corrected chi connectivity index (χ2v) is 8.80. The molecule has 4 aromatic rings. The van der Waals surface area contributed by atoms with Crippen LogP contribution in [-0.4, -0.2) is 57.3 Å². The Morgan fingerprint density at radius 2 is 2.11 bits per heavy atom. The van der Waals surface area contributed by atoms with Gasteiger partial charge in [-0.1, -0.05) is 17.8 Å². The van der Waals surface area contributed by atoms with Gasteiger partial charge in [0.25, 0.3) is 5.91 Å². The van der Waals surface area contributed by atoms with Crippen molar-refractivity contribution in [3.05, 3.63) is 60.3 Å². The van der Waals surface area contributed by atoms with E-state index in [0.29, 0.717) is 58.5 Å². The van der Waals surface area contributed by atoms with Gasteiger partial charge in [-0.25, -0.2) is 24.3 Å². The average molecular weight is 489 g/mol. The third-order valence-electron chi connectivity index (χ3n) is 6.08. The number of halogens is 1. The number of rotatable bonds is 6. The minimum Gasteiger partial charge on any atom is -0.354 e. The molecule has 3 aromatic heterocycles. The number of aryl methyl sites for hydroxylation is 1. The van der Waals surface area contributed by atoms with Gasteiger partial charge in [-0.3, -0.25) is 4.79 Å². The van der Waals surface area contributed by atoms with Gasteiger partial charge in [0.1, 0.15) is 23.5 Å². The molecule has 1 saturated heterocycles. The van der Waals surface area contributed by atoms with Gasteiger partial charge in [-0.2, -0.15) is 0 Å². The van der Waals surface area contributed by atoms with Crippen LogP contribution in [0.25, 0.3) is 16.6 Å². The molecule has 5 rings (SSSR count). The maximum Gasteiger partial charge on any atom is 0.256 e. The molecular formula is C25H25FN8O2. The summed E-state index contributed by atoms with van der Waals surface area (Å²) in [6.45, 7) is 8.37. The summed E-state index contributed by atoms with van der Waals surface area (Å²) in [5, 5.41) is 6.61. The third-order valence-corrected chi connectivity index (χ3v) is 6.08. The van der Waals surface area contributed by atoms with Crippen LogP contribution in [0.15, 0.2) is 47.9 Å². The van der Waals surface area contributed by atoms with Gasteiger partial charge in [0, 0.05) is 30.9 Å². The minimum absolute atomic E-state index is 0.264. The summed E-state index contributed by atoms with van der Waals surface area (Å²) in [4.78, 5) is 34.4. The van der Waals surface area contributed by atoms with Crippen LogP contribution in [-0.2, 0) is 0 Å². The van der Waals surface area contributed by atoms with Crippen LogP contribution in [0.5, 0.6) is 0 Å². The van der Waals surface area contributed by atoms with Gasteiger partial charge in [-0.15, -0.1) is 0 Å². The topological polar surface area (TPSA) is 113 Å². The number of anilines is 4. The highest BCUT2D eigenvalue weighted by Gasteiger charge is 2.25. The zero-order valence-electron chi connectivity index (χ0n) is 20.2. The Kier molecular flexibility index (Phi) is 6.05. The van der Waals surface area contributed by atoms with E-state index < -0.39 is 6.17 Å². The fourth-order valence-corrected chi connectivity index (χ4v) is 4.08. The lowest BCUT2D eigenvalue weighted by molar-refractivity contribution is 0.102. The number of aromatic nitrogens is 5. The lowest BCUT2D eigenvalue weighted by Crippen LogP contribution is -2.23. The zero-order chi connectivity index (χ0) is 25.4. The number of hydrogen-bond donors (Lipinski definition) is 1. The predicted octanol–water partition coefficient (Wildman–Crippen LogP) is 4.32.